The number of nitriles is 1. The third-order valence-electron chi connectivity index (χ3n) is 3.34. The zero-order valence-corrected chi connectivity index (χ0v) is 10.9. The monoisotopic (exact) mass is 244 g/mol. The van der Waals surface area contributed by atoms with Gasteiger partial charge < -0.3 is 10.6 Å². The van der Waals surface area contributed by atoms with Crippen molar-refractivity contribution in [3.8, 4) is 6.07 Å². The number of aromatic nitrogens is 1. The minimum Gasteiger partial charge on any atom is -0.370 e. The second-order valence-electron chi connectivity index (χ2n) is 4.92. The van der Waals surface area contributed by atoms with Crippen LogP contribution in [0, 0.1) is 24.2 Å². The number of pyridine rings is 1. The Balaban J connectivity index is 1.82. The van der Waals surface area contributed by atoms with Gasteiger partial charge in [0.15, 0.2) is 0 Å². The Hall–Kier alpha value is -1.60. The zero-order chi connectivity index (χ0) is 12.8. The van der Waals surface area contributed by atoms with Crippen LogP contribution in [0.1, 0.15) is 30.5 Å². The van der Waals surface area contributed by atoms with E-state index in [1.165, 1.54) is 12.8 Å². The molecule has 96 valence electrons. The van der Waals surface area contributed by atoms with Gasteiger partial charge in [0, 0.05) is 12.2 Å². The third-order valence-corrected chi connectivity index (χ3v) is 3.34. The first-order valence-corrected chi connectivity index (χ1v) is 6.61. The summed E-state index contributed by atoms with van der Waals surface area (Å²) in [5.41, 5.74) is 1.56. The zero-order valence-electron chi connectivity index (χ0n) is 10.9. The van der Waals surface area contributed by atoms with Gasteiger partial charge in [-0.25, -0.2) is 4.98 Å². The van der Waals surface area contributed by atoms with Crippen molar-refractivity contribution in [2.24, 2.45) is 5.92 Å². The number of piperidine rings is 1. The van der Waals surface area contributed by atoms with Gasteiger partial charge in [-0.3, -0.25) is 0 Å². The Labute approximate surface area is 108 Å². The average molecular weight is 244 g/mol. The number of anilines is 1. The quantitative estimate of drug-likeness (QED) is 0.851. The number of nitrogens with one attached hydrogen (secondary N) is 2. The molecule has 0 bridgehead atoms. The summed E-state index contributed by atoms with van der Waals surface area (Å²) in [7, 11) is 0. The van der Waals surface area contributed by atoms with Crippen molar-refractivity contribution in [1.29, 1.82) is 5.26 Å². The number of nitrogens with zero attached hydrogens (tertiary/aromatic N) is 2. The number of rotatable bonds is 4. The summed E-state index contributed by atoms with van der Waals surface area (Å²) in [5, 5.41) is 15.6. The van der Waals surface area contributed by atoms with Crippen LogP contribution in [-0.2, 0) is 0 Å². The second kappa shape index (κ2) is 6.36. The van der Waals surface area contributed by atoms with Crippen LogP contribution in [0.4, 0.5) is 5.82 Å². The van der Waals surface area contributed by atoms with Gasteiger partial charge in [0.25, 0.3) is 0 Å². The van der Waals surface area contributed by atoms with E-state index in [-0.39, 0.29) is 0 Å². The van der Waals surface area contributed by atoms with Crippen LogP contribution < -0.4 is 10.6 Å². The molecule has 0 spiro atoms. The number of hydrogen-bond donors (Lipinski definition) is 2. The maximum atomic E-state index is 8.90. The first-order valence-electron chi connectivity index (χ1n) is 6.61. The smallest absolute Gasteiger partial charge is 0.127 e. The summed E-state index contributed by atoms with van der Waals surface area (Å²) in [5.74, 6) is 1.59. The molecule has 2 rings (SSSR count). The highest BCUT2D eigenvalue weighted by Crippen LogP contribution is 2.15. The summed E-state index contributed by atoms with van der Waals surface area (Å²) in [6.07, 6.45) is 3.76. The molecule has 1 aromatic heterocycles. The molecule has 1 aliphatic rings. The van der Waals surface area contributed by atoms with Crippen LogP contribution in [-0.4, -0.2) is 24.6 Å². The van der Waals surface area contributed by atoms with Gasteiger partial charge in [0.1, 0.15) is 5.82 Å². The van der Waals surface area contributed by atoms with Crippen molar-refractivity contribution in [3.05, 3.63) is 23.4 Å². The molecule has 1 saturated heterocycles. The molecule has 0 aromatic carbocycles. The van der Waals surface area contributed by atoms with Gasteiger partial charge >= 0.3 is 0 Å². The average Bonchev–Trinajstić information content (AvgIpc) is 2.39. The molecule has 1 aliphatic heterocycles. The molecule has 4 heteroatoms. The Bertz CT molecular complexity index is 430. The number of hydrogen-bond acceptors (Lipinski definition) is 4. The molecule has 4 nitrogen and oxygen atoms in total. The summed E-state index contributed by atoms with van der Waals surface area (Å²) in [6, 6.07) is 5.77. The summed E-state index contributed by atoms with van der Waals surface area (Å²) in [6.45, 7) is 5.13. The molecule has 1 fully saturated rings. The highest BCUT2D eigenvalue weighted by atomic mass is 15.0. The van der Waals surface area contributed by atoms with Crippen molar-refractivity contribution in [2.75, 3.05) is 25.0 Å². The first kappa shape index (κ1) is 12.8. The maximum Gasteiger partial charge on any atom is 0.127 e. The van der Waals surface area contributed by atoms with E-state index >= 15 is 0 Å². The topological polar surface area (TPSA) is 60.7 Å². The van der Waals surface area contributed by atoms with E-state index in [9.17, 15) is 0 Å². The Kier molecular flexibility index (Phi) is 4.54. The molecule has 0 aliphatic carbocycles. The third kappa shape index (κ3) is 3.71. The van der Waals surface area contributed by atoms with Crippen LogP contribution in [0.25, 0.3) is 0 Å². The fourth-order valence-corrected chi connectivity index (χ4v) is 2.40. The van der Waals surface area contributed by atoms with Gasteiger partial charge in [-0.05, 0) is 57.3 Å². The molecule has 18 heavy (non-hydrogen) atoms. The second-order valence-corrected chi connectivity index (χ2v) is 4.92. The van der Waals surface area contributed by atoms with E-state index in [1.807, 2.05) is 13.0 Å². The molecule has 0 radical (unpaired) electrons. The molecular weight excluding hydrogens is 224 g/mol. The van der Waals surface area contributed by atoms with Crippen molar-refractivity contribution in [2.45, 2.75) is 26.2 Å². The molecule has 2 N–H and O–H groups in total. The number of aryl methyl sites for hydroxylation is 1. The molecule has 1 aromatic rings. The fraction of sp³-hybridized carbons (Fsp3) is 0.571. The Morgan fingerprint density at radius 1 is 1.56 bits per heavy atom. The van der Waals surface area contributed by atoms with Crippen LogP contribution in [0.5, 0.6) is 0 Å². The standard InChI is InChI=1S/C14H20N4/c1-11-7-13(9-15)8-14(18-11)17-6-4-12-3-2-5-16-10-12/h7-8,12,16H,2-6,10H2,1H3,(H,17,18). The Morgan fingerprint density at radius 2 is 2.44 bits per heavy atom. The van der Waals surface area contributed by atoms with Gasteiger partial charge in [-0.15, -0.1) is 0 Å². The van der Waals surface area contributed by atoms with Crippen molar-refractivity contribution in [1.82, 2.24) is 10.3 Å². The van der Waals surface area contributed by atoms with Crippen LogP contribution in [0.2, 0.25) is 0 Å². The lowest BCUT2D eigenvalue weighted by Gasteiger charge is -2.22. The van der Waals surface area contributed by atoms with E-state index < -0.39 is 0 Å². The minimum atomic E-state index is 0.671. The molecule has 0 saturated carbocycles. The molecule has 0 amide bonds. The maximum absolute atomic E-state index is 8.90. The first-order chi connectivity index (χ1) is 8.78. The van der Waals surface area contributed by atoms with E-state index in [1.54, 1.807) is 6.07 Å². The molecule has 1 unspecified atom stereocenters. The highest BCUT2D eigenvalue weighted by molar-refractivity contribution is 5.44. The predicted octanol–water partition coefficient (Wildman–Crippen LogP) is 2.06. The molecular formula is C14H20N4. The van der Waals surface area contributed by atoms with Crippen LogP contribution in [0.3, 0.4) is 0 Å². The van der Waals surface area contributed by atoms with Gasteiger partial charge in [-0.1, -0.05) is 0 Å². The molecule has 1 atom stereocenters. The van der Waals surface area contributed by atoms with E-state index in [0.717, 1.165) is 43.5 Å². The highest BCUT2D eigenvalue weighted by Gasteiger charge is 2.12. The lowest BCUT2D eigenvalue weighted by Crippen LogP contribution is -2.30. The SMILES string of the molecule is Cc1cc(C#N)cc(NCCC2CCCNC2)n1. The summed E-state index contributed by atoms with van der Waals surface area (Å²) < 4.78 is 0. The van der Waals surface area contributed by atoms with Crippen molar-refractivity contribution in [3.63, 3.8) is 0 Å². The van der Waals surface area contributed by atoms with E-state index in [0.29, 0.717) is 5.56 Å². The Morgan fingerprint density at radius 3 is 3.17 bits per heavy atom. The normalized spacial score (nSPS) is 19.2. The van der Waals surface area contributed by atoms with Crippen LogP contribution >= 0.6 is 0 Å². The lowest BCUT2D eigenvalue weighted by atomic mass is 9.96. The van der Waals surface area contributed by atoms with Gasteiger partial charge in [0.05, 0.1) is 11.6 Å². The van der Waals surface area contributed by atoms with Crippen molar-refractivity contribution < 1.29 is 0 Å². The van der Waals surface area contributed by atoms with Crippen LogP contribution in [0.15, 0.2) is 12.1 Å². The lowest BCUT2D eigenvalue weighted by molar-refractivity contribution is 0.364. The largest absolute Gasteiger partial charge is 0.370 e. The van der Waals surface area contributed by atoms with E-state index in [2.05, 4.69) is 21.7 Å². The predicted molar refractivity (Wildman–Crippen MR) is 72.4 cm³/mol. The summed E-state index contributed by atoms with van der Waals surface area (Å²) in [4.78, 5) is 4.39. The van der Waals surface area contributed by atoms with Gasteiger partial charge in [0.2, 0.25) is 0 Å². The van der Waals surface area contributed by atoms with E-state index in [4.69, 9.17) is 5.26 Å². The van der Waals surface area contributed by atoms with Crippen molar-refractivity contribution >= 4 is 5.82 Å². The van der Waals surface area contributed by atoms with Gasteiger partial charge in [-0.2, -0.15) is 5.26 Å². The minimum absolute atomic E-state index is 0.671. The molecule has 2 heterocycles. The fourth-order valence-electron chi connectivity index (χ4n) is 2.40. The summed E-state index contributed by atoms with van der Waals surface area (Å²) >= 11 is 0.